The summed E-state index contributed by atoms with van der Waals surface area (Å²) in [6, 6.07) is 1.44. The second kappa shape index (κ2) is 5.26. The summed E-state index contributed by atoms with van der Waals surface area (Å²) in [7, 11) is 1.53. The Bertz CT molecular complexity index is 503. The molecule has 0 saturated heterocycles. The molecule has 1 unspecified atom stereocenters. The maximum atomic E-state index is 5.55. The molecule has 1 atom stereocenters. The first-order valence-electron chi connectivity index (χ1n) is 4.81. The molecule has 0 saturated carbocycles. The minimum absolute atomic E-state index is 0.355. The smallest absolute Gasteiger partial charge is 0.237 e. The van der Waals surface area contributed by atoms with Crippen molar-refractivity contribution < 1.29 is 9.15 Å². The topological polar surface area (TPSA) is 86.2 Å². The molecule has 2 aromatic heterocycles. The van der Waals surface area contributed by atoms with Crippen molar-refractivity contribution >= 4 is 15.9 Å². The molecule has 7 heteroatoms. The van der Waals surface area contributed by atoms with E-state index >= 15 is 0 Å². The molecule has 17 heavy (non-hydrogen) atoms. The van der Waals surface area contributed by atoms with E-state index in [1.807, 2.05) is 0 Å². The van der Waals surface area contributed by atoms with Gasteiger partial charge in [-0.25, -0.2) is 10.4 Å². The van der Waals surface area contributed by atoms with Crippen molar-refractivity contribution in [2.45, 2.75) is 6.04 Å². The lowest BCUT2D eigenvalue weighted by Crippen LogP contribution is -2.30. The summed E-state index contributed by atoms with van der Waals surface area (Å²) in [5.74, 6) is 5.97. The molecule has 0 spiro atoms. The summed E-state index contributed by atoms with van der Waals surface area (Å²) in [6.45, 7) is 0. The molecule has 0 aliphatic rings. The molecule has 0 aliphatic carbocycles. The Morgan fingerprint density at radius 1 is 1.47 bits per heavy atom. The molecule has 3 N–H and O–H groups in total. The van der Waals surface area contributed by atoms with Gasteiger partial charge in [-0.2, -0.15) is 0 Å². The number of rotatable bonds is 4. The average molecular weight is 299 g/mol. The fourth-order valence-electron chi connectivity index (χ4n) is 1.52. The molecule has 0 aromatic carbocycles. The third kappa shape index (κ3) is 2.31. The van der Waals surface area contributed by atoms with Gasteiger partial charge in [0.2, 0.25) is 5.88 Å². The van der Waals surface area contributed by atoms with E-state index in [2.05, 4.69) is 31.3 Å². The van der Waals surface area contributed by atoms with Gasteiger partial charge >= 0.3 is 0 Å². The van der Waals surface area contributed by atoms with Crippen molar-refractivity contribution in [3.05, 3.63) is 40.7 Å². The van der Waals surface area contributed by atoms with Crippen molar-refractivity contribution in [3.63, 3.8) is 0 Å². The molecule has 2 aromatic rings. The summed E-state index contributed by atoms with van der Waals surface area (Å²) in [4.78, 5) is 8.30. The predicted molar refractivity (Wildman–Crippen MR) is 64.2 cm³/mol. The van der Waals surface area contributed by atoms with E-state index in [0.29, 0.717) is 16.2 Å². The highest BCUT2D eigenvalue weighted by atomic mass is 79.9. The number of furan rings is 1. The Balaban J connectivity index is 2.46. The van der Waals surface area contributed by atoms with Crippen LogP contribution in [0, 0.1) is 0 Å². The van der Waals surface area contributed by atoms with Gasteiger partial charge in [0.25, 0.3) is 0 Å². The van der Waals surface area contributed by atoms with Crippen LogP contribution in [0.25, 0.3) is 0 Å². The van der Waals surface area contributed by atoms with Crippen molar-refractivity contribution in [2.24, 2.45) is 5.84 Å². The Kier molecular flexibility index (Phi) is 3.72. The molecule has 90 valence electrons. The van der Waals surface area contributed by atoms with Gasteiger partial charge in [-0.05, 0) is 22.0 Å². The Labute approximate surface area is 106 Å². The highest BCUT2D eigenvalue weighted by Crippen LogP contribution is 2.31. The first kappa shape index (κ1) is 12.0. The van der Waals surface area contributed by atoms with Gasteiger partial charge in [0.15, 0.2) is 4.67 Å². The maximum Gasteiger partial charge on any atom is 0.237 e. The monoisotopic (exact) mass is 298 g/mol. The fourth-order valence-corrected chi connectivity index (χ4v) is 1.99. The van der Waals surface area contributed by atoms with Crippen molar-refractivity contribution in [1.82, 2.24) is 15.4 Å². The Hall–Kier alpha value is -1.44. The number of nitrogens with zero attached hydrogens (tertiary/aromatic N) is 2. The average Bonchev–Trinajstić information content (AvgIpc) is 2.78. The van der Waals surface area contributed by atoms with Crippen LogP contribution in [0.1, 0.15) is 17.3 Å². The van der Waals surface area contributed by atoms with Crippen LogP contribution in [0.3, 0.4) is 0 Å². The van der Waals surface area contributed by atoms with Crippen molar-refractivity contribution in [1.29, 1.82) is 0 Å². The van der Waals surface area contributed by atoms with Gasteiger partial charge < -0.3 is 9.15 Å². The standard InChI is InChI=1S/C10H11BrN4O2/c1-16-10-8(13-3-4-14-10)7(15-12)6-2-5-17-9(6)11/h2-5,7,15H,12H2,1H3. The number of ether oxygens (including phenoxy) is 1. The quantitative estimate of drug-likeness (QED) is 0.655. The highest BCUT2D eigenvalue weighted by Gasteiger charge is 2.22. The Morgan fingerprint density at radius 3 is 2.82 bits per heavy atom. The van der Waals surface area contributed by atoms with E-state index in [1.165, 1.54) is 7.11 Å². The molecular weight excluding hydrogens is 288 g/mol. The van der Waals surface area contributed by atoms with Crippen LogP contribution in [0.5, 0.6) is 5.88 Å². The predicted octanol–water partition coefficient (Wildman–Crippen LogP) is 1.39. The highest BCUT2D eigenvalue weighted by molar-refractivity contribution is 9.10. The van der Waals surface area contributed by atoms with Crippen molar-refractivity contribution in [3.8, 4) is 5.88 Å². The van der Waals surface area contributed by atoms with Crippen LogP contribution in [0.15, 0.2) is 33.8 Å². The van der Waals surface area contributed by atoms with Gasteiger partial charge in [0.05, 0.1) is 19.4 Å². The van der Waals surface area contributed by atoms with Crippen LogP contribution in [-0.2, 0) is 0 Å². The molecule has 0 bridgehead atoms. The van der Waals surface area contributed by atoms with Crippen molar-refractivity contribution in [2.75, 3.05) is 7.11 Å². The van der Waals surface area contributed by atoms with E-state index in [1.54, 1.807) is 24.7 Å². The molecular formula is C10H11BrN4O2. The van der Waals surface area contributed by atoms with E-state index in [0.717, 1.165) is 5.56 Å². The van der Waals surface area contributed by atoms with Crippen LogP contribution < -0.4 is 16.0 Å². The number of aromatic nitrogens is 2. The van der Waals surface area contributed by atoms with Gasteiger partial charge in [0.1, 0.15) is 5.69 Å². The summed E-state index contributed by atoms with van der Waals surface area (Å²) in [5.41, 5.74) is 4.09. The molecule has 2 heterocycles. The number of nitrogens with two attached hydrogens (primary N) is 1. The summed E-state index contributed by atoms with van der Waals surface area (Å²) < 4.78 is 10.9. The molecule has 2 rings (SSSR count). The summed E-state index contributed by atoms with van der Waals surface area (Å²) in [5, 5.41) is 0. The number of hydrazine groups is 1. The van der Waals surface area contributed by atoms with E-state index < -0.39 is 0 Å². The largest absolute Gasteiger partial charge is 0.480 e. The third-order valence-corrected chi connectivity index (χ3v) is 2.93. The number of hydrogen-bond donors (Lipinski definition) is 2. The van der Waals surface area contributed by atoms with E-state index in [-0.39, 0.29) is 6.04 Å². The van der Waals surface area contributed by atoms with Crippen LogP contribution >= 0.6 is 15.9 Å². The minimum atomic E-state index is -0.355. The lowest BCUT2D eigenvalue weighted by molar-refractivity contribution is 0.382. The number of halogens is 1. The number of hydrogen-bond acceptors (Lipinski definition) is 6. The van der Waals surface area contributed by atoms with Crippen LogP contribution in [0.4, 0.5) is 0 Å². The zero-order valence-corrected chi connectivity index (χ0v) is 10.6. The molecule has 0 aliphatic heterocycles. The fraction of sp³-hybridized carbons (Fsp3) is 0.200. The molecule has 6 nitrogen and oxygen atoms in total. The van der Waals surface area contributed by atoms with Gasteiger partial charge in [-0.1, -0.05) is 0 Å². The first-order valence-corrected chi connectivity index (χ1v) is 5.61. The number of methoxy groups -OCH3 is 1. The van der Waals surface area contributed by atoms with Gasteiger partial charge in [-0.15, -0.1) is 0 Å². The zero-order valence-electron chi connectivity index (χ0n) is 9.05. The SMILES string of the molecule is COc1nccnc1C(NN)c1ccoc1Br. The molecule has 0 fully saturated rings. The van der Waals surface area contributed by atoms with Gasteiger partial charge in [-0.3, -0.25) is 10.8 Å². The van der Waals surface area contributed by atoms with Crippen LogP contribution in [0.2, 0.25) is 0 Å². The number of nitrogens with one attached hydrogen (secondary N) is 1. The lowest BCUT2D eigenvalue weighted by atomic mass is 10.1. The minimum Gasteiger partial charge on any atom is -0.480 e. The second-order valence-electron chi connectivity index (χ2n) is 3.20. The molecule has 0 radical (unpaired) electrons. The first-order chi connectivity index (χ1) is 8.27. The maximum absolute atomic E-state index is 5.55. The van der Waals surface area contributed by atoms with Gasteiger partial charge in [0, 0.05) is 18.0 Å². The summed E-state index contributed by atoms with van der Waals surface area (Å²) >= 11 is 3.30. The third-order valence-electron chi connectivity index (χ3n) is 2.28. The second-order valence-corrected chi connectivity index (χ2v) is 3.92. The normalized spacial score (nSPS) is 12.4. The van der Waals surface area contributed by atoms with E-state index in [9.17, 15) is 0 Å². The summed E-state index contributed by atoms with van der Waals surface area (Å²) in [6.07, 6.45) is 4.70. The van der Waals surface area contributed by atoms with Crippen LogP contribution in [-0.4, -0.2) is 17.1 Å². The lowest BCUT2D eigenvalue weighted by Gasteiger charge is -2.15. The molecule has 0 amide bonds. The van der Waals surface area contributed by atoms with E-state index in [4.69, 9.17) is 15.0 Å². The Morgan fingerprint density at radius 2 is 2.24 bits per heavy atom. The zero-order chi connectivity index (χ0) is 12.3.